The summed E-state index contributed by atoms with van der Waals surface area (Å²) >= 11 is 4.94. The van der Waals surface area contributed by atoms with Gasteiger partial charge in [0, 0.05) is 16.0 Å². The average Bonchev–Trinajstić information content (AvgIpc) is 2.70. The number of nitrogens with zero attached hydrogens (tertiary/aromatic N) is 2. The number of rotatable bonds is 3. The maximum atomic E-state index is 5.75. The highest BCUT2D eigenvalue weighted by molar-refractivity contribution is 9.10. The highest BCUT2D eigenvalue weighted by Gasteiger charge is 2.13. The number of thiazole rings is 1. The minimum absolute atomic E-state index is 0.140. The molecule has 0 spiro atoms. The van der Waals surface area contributed by atoms with E-state index in [1.54, 1.807) is 23.6 Å². The Morgan fingerprint density at radius 1 is 1.53 bits per heavy atom. The van der Waals surface area contributed by atoms with E-state index in [4.69, 9.17) is 10.5 Å². The molecule has 2 N–H and O–H groups in total. The van der Waals surface area contributed by atoms with E-state index in [-0.39, 0.29) is 6.10 Å². The first-order chi connectivity index (χ1) is 8.06. The van der Waals surface area contributed by atoms with Crippen LogP contribution in [0.1, 0.15) is 23.7 Å². The molecule has 2 rings (SSSR count). The second kappa shape index (κ2) is 5.01. The number of nitrogens with two attached hydrogens (primary N) is 1. The van der Waals surface area contributed by atoms with Gasteiger partial charge in [0.25, 0.3) is 0 Å². The SMILES string of the molecule is Cc1nc([C@@H](C)Oc2cc(Br)cnc2N)cs1. The number of anilines is 1. The van der Waals surface area contributed by atoms with Crippen molar-refractivity contribution in [2.75, 3.05) is 5.73 Å². The lowest BCUT2D eigenvalue weighted by Crippen LogP contribution is -2.06. The Morgan fingerprint density at radius 2 is 2.29 bits per heavy atom. The number of pyridine rings is 1. The van der Waals surface area contributed by atoms with E-state index in [9.17, 15) is 0 Å². The van der Waals surface area contributed by atoms with E-state index >= 15 is 0 Å². The average molecular weight is 314 g/mol. The molecule has 1 atom stereocenters. The fraction of sp³-hybridized carbons (Fsp3) is 0.273. The maximum absolute atomic E-state index is 5.75. The summed E-state index contributed by atoms with van der Waals surface area (Å²) in [6.45, 7) is 3.91. The summed E-state index contributed by atoms with van der Waals surface area (Å²) < 4.78 is 6.59. The lowest BCUT2D eigenvalue weighted by Gasteiger charge is -2.13. The third-order valence-corrected chi connectivity index (χ3v) is 3.43. The van der Waals surface area contributed by atoms with Crippen molar-refractivity contribution in [1.29, 1.82) is 0 Å². The number of halogens is 1. The molecule has 0 unspecified atom stereocenters. The molecule has 0 fully saturated rings. The predicted molar refractivity (Wildman–Crippen MR) is 72.2 cm³/mol. The molecular weight excluding hydrogens is 302 g/mol. The largest absolute Gasteiger partial charge is 0.480 e. The molecule has 2 aromatic rings. The van der Waals surface area contributed by atoms with E-state index in [1.165, 1.54) is 0 Å². The van der Waals surface area contributed by atoms with Gasteiger partial charge in [0.2, 0.25) is 0 Å². The van der Waals surface area contributed by atoms with Crippen LogP contribution in [0.5, 0.6) is 5.75 Å². The molecule has 0 saturated carbocycles. The molecule has 2 heterocycles. The molecule has 90 valence electrons. The maximum Gasteiger partial charge on any atom is 0.166 e. The fourth-order valence-corrected chi connectivity index (χ4v) is 2.35. The van der Waals surface area contributed by atoms with Crippen molar-refractivity contribution >= 4 is 33.1 Å². The number of hydrogen-bond donors (Lipinski definition) is 1. The summed E-state index contributed by atoms with van der Waals surface area (Å²) in [5, 5.41) is 3.01. The van der Waals surface area contributed by atoms with Crippen molar-refractivity contribution in [1.82, 2.24) is 9.97 Å². The van der Waals surface area contributed by atoms with Crippen LogP contribution in [0.2, 0.25) is 0 Å². The highest BCUT2D eigenvalue weighted by atomic mass is 79.9. The zero-order valence-corrected chi connectivity index (χ0v) is 11.9. The summed E-state index contributed by atoms with van der Waals surface area (Å²) in [4.78, 5) is 8.40. The molecule has 0 bridgehead atoms. The third-order valence-electron chi connectivity index (χ3n) is 2.21. The van der Waals surface area contributed by atoms with Crippen LogP contribution >= 0.6 is 27.3 Å². The van der Waals surface area contributed by atoms with Gasteiger partial charge in [-0.25, -0.2) is 9.97 Å². The molecule has 4 nitrogen and oxygen atoms in total. The molecule has 6 heteroatoms. The van der Waals surface area contributed by atoms with Gasteiger partial charge in [0.15, 0.2) is 11.6 Å². The predicted octanol–water partition coefficient (Wildman–Crippen LogP) is 3.33. The Balaban J connectivity index is 2.18. The van der Waals surface area contributed by atoms with Crippen LogP contribution in [0.3, 0.4) is 0 Å². The molecule has 0 amide bonds. The number of aromatic nitrogens is 2. The van der Waals surface area contributed by atoms with E-state index in [2.05, 4.69) is 25.9 Å². The first-order valence-corrected chi connectivity index (χ1v) is 6.73. The number of hydrogen-bond acceptors (Lipinski definition) is 5. The Kier molecular flexibility index (Phi) is 3.63. The van der Waals surface area contributed by atoms with Gasteiger partial charge in [-0.2, -0.15) is 0 Å². The Labute approximate surface area is 112 Å². The molecule has 0 aliphatic heterocycles. The molecule has 0 radical (unpaired) electrons. The van der Waals surface area contributed by atoms with Crippen molar-refractivity contribution in [3.63, 3.8) is 0 Å². The van der Waals surface area contributed by atoms with Gasteiger partial charge in [-0.1, -0.05) is 0 Å². The molecule has 0 saturated heterocycles. The standard InChI is InChI=1S/C11H12BrN3OS/c1-6(9-5-17-7(2)15-9)16-10-3-8(12)4-14-11(10)13/h3-6H,1-2H3,(H2,13,14)/t6-/m1/s1. The number of nitrogen functional groups attached to an aromatic ring is 1. The zero-order chi connectivity index (χ0) is 12.4. The normalized spacial score (nSPS) is 12.4. The molecule has 0 aliphatic carbocycles. The molecular formula is C11H12BrN3OS. The first-order valence-electron chi connectivity index (χ1n) is 5.06. The molecule has 2 aromatic heterocycles. The Hall–Kier alpha value is -1.14. The molecule has 0 aliphatic rings. The summed E-state index contributed by atoms with van der Waals surface area (Å²) in [6.07, 6.45) is 1.50. The van der Waals surface area contributed by atoms with Crippen LogP contribution in [-0.4, -0.2) is 9.97 Å². The minimum Gasteiger partial charge on any atom is -0.480 e. The summed E-state index contributed by atoms with van der Waals surface area (Å²) in [7, 11) is 0. The fourth-order valence-electron chi connectivity index (χ4n) is 1.34. The quantitative estimate of drug-likeness (QED) is 0.944. The van der Waals surface area contributed by atoms with Gasteiger partial charge in [-0.3, -0.25) is 0 Å². The van der Waals surface area contributed by atoms with Gasteiger partial charge >= 0.3 is 0 Å². The van der Waals surface area contributed by atoms with Crippen LogP contribution in [0.15, 0.2) is 22.1 Å². The van der Waals surface area contributed by atoms with E-state index in [0.717, 1.165) is 15.2 Å². The van der Waals surface area contributed by atoms with Gasteiger partial charge < -0.3 is 10.5 Å². The number of ether oxygens (including phenoxy) is 1. The van der Waals surface area contributed by atoms with E-state index in [0.29, 0.717) is 11.6 Å². The zero-order valence-electron chi connectivity index (χ0n) is 9.48. The van der Waals surface area contributed by atoms with Gasteiger partial charge in [-0.15, -0.1) is 11.3 Å². The van der Waals surface area contributed by atoms with Crippen molar-refractivity contribution in [2.24, 2.45) is 0 Å². The van der Waals surface area contributed by atoms with E-state index in [1.807, 2.05) is 19.2 Å². The van der Waals surface area contributed by atoms with Crippen molar-refractivity contribution in [3.8, 4) is 5.75 Å². The van der Waals surface area contributed by atoms with Gasteiger partial charge in [0.1, 0.15) is 6.10 Å². The number of aryl methyl sites for hydroxylation is 1. The second-order valence-electron chi connectivity index (χ2n) is 3.59. The highest BCUT2D eigenvalue weighted by Crippen LogP contribution is 2.28. The summed E-state index contributed by atoms with van der Waals surface area (Å²) in [5.74, 6) is 0.949. The Bertz CT molecular complexity index is 529. The lowest BCUT2D eigenvalue weighted by molar-refractivity contribution is 0.223. The first kappa shape index (κ1) is 12.3. The van der Waals surface area contributed by atoms with Gasteiger partial charge in [-0.05, 0) is 35.8 Å². The molecule has 17 heavy (non-hydrogen) atoms. The second-order valence-corrected chi connectivity index (χ2v) is 5.57. The summed E-state index contributed by atoms with van der Waals surface area (Å²) in [6, 6.07) is 1.80. The van der Waals surface area contributed by atoms with Crippen LogP contribution in [0.25, 0.3) is 0 Å². The van der Waals surface area contributed by atoms with Crippen LogP contribution in [0, 0.1) is 6.92 Å². The van der Waals surface area contributed by atoms with Crippen molar-refractivity contribution in [2.45, 2.75) is 20.0 Å². The molecule has 0 aromatic carbocycles. The van der Waals surface area contributed by atoms with Crippen LogP contribution in [0.4, 0.5) is 5.82 Å². The topological polar surface area (TPSA) is 61.0 Å². The van der Waals surface area contributed by atoms with Crippen LogP contribution < -0.4 is 10.5 Å². The lowest BCUT2D eigenvalue weighted by atomic mass is 10.3. The van der Waals surface area contributed by atoms with Crippen molar-refractivity contribution in [3.05, 3.63) is 32.8 Å². The third kappa shape index (κ3) is 2.95. The smallest absolute Gasteiger partial charge is 0.166 e. The summed E-state index contributed by atoms with van der Waals surface area (Å²) in [5.41, 5.74) is 6.66. The minimum atomic E-state index is -0.140. The Morgan fingerprint density at radius 3 is 2.94 bits per heavy atom. The van der Waals surface area contributed by atoms with Crippen LogP contribution in [-0.2, 0) is 0 Å². The van der Waals surface area contributed by atoms with Gasteiger partial charge in [0.05, 0.1) is 10.7 Å². The van der Waals surface area contributed by atoms with Crippen molar-refractivity contribution < 1.29 is 4.74 Å². The monoisotopic (exact) mass is 313 g/mol. The van der Waals surface area contributed by atoms with E-state index < -0.39 is 0 Å².